The maximum absolute atomic E-state index is 13.6. The minimum absolute atomic E-state index is 0.170. The number of hydrogen-bond acceptors (Lipinski definition) is 9. The molecule has 10 nitrogen and oxygen atoms in total. The van der Waals surface area contributed by atoms with Crippen molar-refractivity contribution in [3.63, 3.8) is 0 Å². The van der Waals surface area contributed by atoms with Gasteiger partial charge in [0.15, 0.2) is 0 Å². The Morgan fingerprint density at radius 3 is 2.58 bits per heavy atom. The van der Waals surface area contributed by atoms with Crippen molar-refractivity contribution in [1.29, 1.82) is 0 Å². The van der Waals surface area contributed by atoms with Crippen molar-refractivity contribution >= 4 is 81.2 Å². The van der Waals surface area contributed by atoms with Gasteiger partial charge in [-0.25, -0.2) is 9.98 Å². The van der Waals surface area contributed by atoms with Crippen LogP contribution in [-0.4, -0.2) is 74.2 Å². The van der Waals surface area contributed by atoms with Crippen molar-refractivity contribution in [2.24, 2.45) is 4.99 Å². The smallest absolute Gasteiger partial charge is 0.287 e. The molecule has 14 heteroatoms. The van der Waals surface area contributed by atoms with Gasteiger partial charge in [-0.2, -0.15) is 0 Å². The van der Waals surface area contributed by atoms with Crippen LogP contribution in [0.4, 0.5) is 17.2 Å². The second kappa shape index (κ2) is 12.6. The van der Waals surface area contributed by atoms with Crippen LogP contribution in [-0.2, 0) is 16.0 Å². The van der Waals surface area contributed by atoms with Gasteiger partial charge in [0, 0.05) is 43.5 Å². The van der Waals surface area contributed by atoms with Crippen molar-refractivity contribution in [3.8, 4) is 0 Å². The molecular weight excluding hydrogens is 599 g/mol. The molecule has 4 heterocycles. The van der Waals surface area contributed by atoms with Crippen molar-refractivity contribution < 1.29 is 19.1 Å². The summed E-state index contributed by atoms with van der Waals surface area (Å²) >= 11 is 20.3. The fourth-order valence-corrected chi connectivity index (χ4v) is 5.85. The quantitative estimate of drug-likeness (QED) is 0.370. The first-order chi connectivity index (χ1) is 19.3. The lowest BCUT2D eigenvalue weighted by Gasteiger charge is -2.31. The molecule has 0 unspecified atom stereocenters. The van der Waals surface area contributed by atoms with Crippen LogP contribution in [0.3, 0.4) is 0 Å². The zero-order valence-corrected chi connectivity index (χ0v) is 24.5. The summed E-state index contributed by atoms with van der Waals surface area (Å²) in [7, 11) is 1.85. The largest absolute Gasteiger partial charge is 0.463 e. The molecule has 2 amide bonds. The van der Waals surface area contributed by atoms with Crippen LogP contribution in [0.15, 0.2) is 40.8 Å². The Labute approximate surface area is 249 Å². The Hall–Kier alpha value is -3.09. The predicted molar refractivity (Wildman–Crippen MR) is 159 cm³/mol. The van der Waals surface area contributed by atoms with Crippen molar-refractivity contribution in [2.75, 3.05) is 62.0 Å². The minimum Gasteiger partial charge on any atom is -0.463 e. The third-order valence-corrected chi connectivity index (χ3v) is 8.21. The Balaban J connectivity index is 1.45. The van der Waals surface area contributed by atoms with Crippen LogP contribution in [0.25, 0.3) is 0 Å². The Morgan fingerprint density at radius 1 is 1.07 bits per heavy atom. The van der Waals surface area contributed by atoms with Gasteiger partial charge in [-0.15, -0.1) is 11.3 Å². The monoisotopic (exact) mass is 622 g/mol. The maximum Gasteiger partial charge on any atom is 0.287 e. The summed E-state index contributed by atoms with van der Waals surface area (Å²) in [6.07, 6.45) is 1.43. The SMILES string of the molecule is CN(Cc1csc(C(=O)Nc2c(C(=O)Nc3ccc(Cl)cn3)cc(Cl)cc2N2CCOCC2)c1Cl)C1=NCCO1. The molecule has 1 fully saturated rings. The maximum atomic E-state index is 13.6. The number of carbonyl (C=O) groups is 2. The number of aromatic nitrogens is 1. The van der Waals surface area contributed by atoms with E-state index in [-0.39, 0.29) is 5.56 Å². The fourth-order valence-electron chi connectivity index (χ4n) is 4.28. The predicted octanol–water partition coefficient (Wildman–Crippen LogP) is 5.26. The van der Waals surface area contributed by atoms with Gasteiger partial charge in [-0.05, 0) is 29.6 Å². The molecule has 0 spiro atoms. The molecule has 0 atom stereocenters. The summed E-state index contributed by atoms with van der Waals surface area (Å²) < 4.78 is 11.0. The number of nitrogens with one attached hydrogen (secondary N) is 2. The Bertz CT molecular complexity index is 1440. The number of amides is 2. The van der Waals surface area contributed by atoms with Gasteiger partial charge in [-0.1, -0.05) is 34.8 Å². The number of carbonyl (C=O) groups excluding carboxylic acids is 2. The summed E-state index contributed by atoms with van der Waals surface area (Å²) in [6.45, 7) is 3.69. The molecule has 0 saturated carbocycles. The van der Waals surface area contributed by atoms with Crippen LogP contribution in [0.2, 0.25) is 15.1 Å². The summed E-state index contributed by atoms with van der Waals surface area (Å²) in [5.41, 5.74) is 1.83. The van der Waals surface area contributed by atoms with E-state index in [0.717, 1.165) is 5.56 Å². The van der Waals surface area contributed by atoms with Crippen molar-refractivity contribution in [1.82, 2.24) is 9.88 Å². The van der Waals surface area contributed by atoms with Crippen molar-refractivity contribution in [3.05, 3.63) is 66.9 Å². The van der Waals surface area contributed by atoms with E-state index in [4.69, 9.17) is 44.3 Å². The molecule has 210 valence electrons. The summed E-state index contributed by atoms with van der Waals surface area (Å²) in [4.78, 5) is 39.7. The zero-order valence-electron chi connectivity index (χ0n) is 21.4. The normalized spacial score (nSPS) is 14.9. The topological polar surface area (TPSA) is 108 Å². The number of pyridine rings is 1. The minimum atomic E-state index is -0.501. The highest BCUT2D eigenvalue weighted by Gasteiger charge is 2.26. The first kappa shape index (κ1) is 28.4. The number of morpholine rings is 1. The lowest BCUT2D eigenvalue weighted by Crippen LogP contribution is -2.37. The van der Waals surface area contributed by atoms with Crippen LogP contribution in [0.1, 0.15) is 25.6 Å². The van der Waals surface area contributed by atoms with E-state index in [9.17, 15) is 9.59 Å². The molecule has 2 aliphatic heterocycles. The highest BCUT2D eigenvalue weighted by molar-refractivity contribution is 7.13. The number of aliphatic imine (C=N–C) groups is 1. The molecule has 2 aliphatic rings. The first-order valence-corrected chi connectivity index (χ1v) is 14.4. The van der Waals surface area contributed by atoms with E-state index in [0.29, 0.717) is 89.2 Å². The third-order valence-electron chi connectivity index (χ3n) is 6.20. The van der Waals surface area contributed by atoms with Gasteiger partial charge < -0.3 is 29.9 Å². The van der Waals surface area contributed by atoms with Crippen LogP contribution >= 0.6 is 46.1 Å². The van der Waals surface area contributed by atoms with E-state index < -0.39 is 11.8 Å². The summed E-state index contributed by atoms with van der Waals surface area (Å²) in [5, 5.41) is 8.61. The molecule has 2 N–H and O–H groups in total. The summed E-state index contributed by atoms with van der Waals surface area (Å²) in [5.74, 6) is -0.654. The van der Waals surface area contributed by atoms with E-state index >= 15 is 0 Å². The Kier molecular flexibility index (Phi) is 8.97. The lowest BCUT2D eigenvalue weighted by molar-refractivity contribution is 0.102. The van der Waals surface area contributed by atoms with Crippen molar-refractivity contribution in [2.45, 2.75) is 6.54 Å². The first-order valence-electron chi connectivity index (χ1n) is 12.3. The van der Waals surface area contributed by atoms with Gasteiger partial charge in [0.1, 0.15) is 17.3 Å². The number of hydrogen-bond donors (Lipinski definition) is 2. The van der Waals surface area contributed by atoms with E-state index in [1.54, 1.807) is 18.2 Å². The number of halogens is 3. The second-order valence-corrected chi connectivity index (χ2v) is 11.1. The molecule has 0 aliphatic carbocycles. The highest BCUT2D eigenvalue weighted by Crippen LogP contribution is 2.37. The third kappa shape index (κ3) is 6.45. The van der Waals surface area contributed by atoms with Gasteiger partial charge in [0.2, 0.25) is 0 Å². The molecule has 1 aromatic carbocycles. The molecule has 3 aromatic rings. The van der Waals surface area contributed by atoms with Crippen LogP contribution < -0.4 is 15.5 Å². The van der Waals surface area contributed by atoms with Gasteiger partial charge in [0.05, 0.1) is 46.7 Å². The standard InChI is InChI=1S/C26H25Cl3N6O4S/c1-34(26-30-4-7-39-26)13-15-14-40-23(21(15)29)25(37)33-22-18(24(36)32-20-3-2-16(27)12-31-20)10-17(28)11-19(22)35-5-8-38-9-6-35/h2-3,10-12,14H,4-9,13H2,1H3,(H,33,37)(H,31,32,36). The highest BCUT2D eigenvalue weighted by atomic mass is 35.5. The van der Waals surface area contributed by atoms with Gasteiger partial charge in [0.25, 0.3) is 17.8 Å². The molecule has 2 aromatic heterocycles. The zero-order chi connectivity index (χ0) is 28.2. The molecule has 40 heavy (non-hydrogen) atoms. The number of thiophene rings is 1. The van der Waals surface area contributed by atoms with Crippen LogP contribution in [0, 0.1) is 0 Å². The van der Waals surface area contributed by atoms with E-state index in [1.807, 2.05) is 22.2 Å². The number of benzene rings is 1. The lowest BCUT2D eigenvalue weighted by atomic mass is 10.1. The van der Waals surface area contributed by atoms with Gasteiger partial charge >= 0.3 is 0 Å². The average molecular weight is 624 g/mol. The number of anilines is 3. The molecule has 0 bridgehead atoms. The second-order valence-electron chi connectivity index (χ2n) is 8.99. The molecule has 5 rings (SSSR count). The molecule has 0 radical (unpaired) electrons. The number of rotatable bonds is 7. The van der Waals surface area contributed by atoms with Gasteiger partial charge in [-0.3, -0.25) is 9.59 Å². The fraction of sp³-hybridized carbons (Fsp3) is 0.308. The molecular formula is C26H25Cl3N6O4S. The average Bonchev–Trinajstić information content (AvgIpc) is 3.62. The number of ether oxygens (including phenoxy) is 2. The van der Waals surface area contributed by atoms with E-state index in [2.05, 4.69) is 20.6 Å². The number of nitrogens with zero attached hydrogens (tertiary/aromatic N) is 4. The van der Waals surface area contributed by atoms with E-state index in [1.165, 1.54) is 23.6 Å². The molecule has 1 saturated heterocycles. The Morgan fingerprint density at radius 2 is 1.88 bits per heavy atom. The summed E-state index contributed by atoms with van der Waals surface area (Å²) in [6, 6.07) is 6.96. The number of amidine groups is 1. The van der Waals surface area contributed by atoms with Crippen LogP contribution in [0.5, 0.6) is 0 Å².